The molecule has 0 bridgehead atoms. The van der Waals surface area contributed by atoms with Gasteiger partial charge in [-0.05, 0) is 55.7 Å². The van der Waals surface area contributed by atoms with Crippen LogP contribution in [0.3, 0.4) is 0 Å². The summed E-state index contributed by atoms with van der Waals surface area (Å²) in [6.07, 6.45) is 0.181. The molecule has 1 heterocycles. The van der Waals surface area contributed by atoms with Gasteiger partial charge in [-0.15, -0.1) is 0 Å². The summed E-state index contributed by atoms with van der Waals surface area (Å²) in [6.45, 7) is 5.98. The lowest BCUT2D eigenvalue weighted by Crippen LogP contribution is -2.35. The zero-order chi connectivity index (χ0) is 16.6. The van der Waals surface area contributed by atoms with E-state index in [0.717, 1.165) is 22.4 Å². The first kappa shape index (κ1) is 15.3. The quantitative estimate of drug-likeness (QED) is 0.885. The first-order chi connectivity index (χ1) is 11.0. The van der Waals surface area contributed by atoms with Gasteiger partial charge in [-0.2, -0.15) is 0 Å². The number of amides is 2. The zero-order valence-corrected chi connectivity index (χ0v) is 13.6. The van der Waals surface area contributed by atoms with Gasteiger partial charge in [-0.1, -0.05) is 24.3 Å². The fourth-order valence-electron chi connectivity index (χ4n) is 2.88. The van der Waals surface area contributed by atoms with Crippen LogP contribution in [0, 0.1) is 20.8 Å². The van der Waals surface area contributed by atoms with Crippen molar-refractivity contribution in [3.63, 3.8) is 0 Å². The van der Waals surface area contributed by atoms with Gasteiger partial charge in [0.2, 0.25) is 5.91 Å². The topological polar surface area (TPSA) is 49.4 Å². The maximum absolute atomic E-state index is 12.7. The molecular formula is C19H20N2O2. The monoisotopic (exact) mass is 308 g/mol. The summed E-state index contributed by atoms with van der Waals surface area (Å²) < 4.78 is 0. The predicted molar refractivity (Wildman–Crippen MR) is 91.6 cm³/mol. The fourth-order valence-corrected chi connectivity index (χ4v) is 2.88. The van der Waals surface area contributed by atoms with Gasteiger partial charge in [-0.25, -0.2) is 4.90 Å². The Labute approximate surface area is 136 Å². The summed E-state index contributed by atoms with van der Waals surface area (Å²) in [5.41, 5.74) is 4.82. The van der Waals surface area contributed by atoms with Crippen molar-refractivity contribution in [3.05, 3.63) is 59.2 Å². The Morgan fingerprint density at radius 2 is 1.78 bits per heavy atom. The number of aryl methyl sites for hydroxylation is 2. The average Bonchev–Trinajstić information content (AvgIpc) is 2.78. The minimum absolute atomic E-state index is 0.164. The Hall–Kier alpha value is -2.62. The van der Waals surface area contributed by atoms with Crippen LogP contribution in [0.1, 0.15) is 23.1 Å². The van der Waals surface area contributed by atoms with Crippen LogP contribution in [0.25, 0.3) is 0 Å². The highest BCUT2D eigenvalue weighted by Gasteiger charge is 2.39. The van der Waals surface area contributed by atoms with Crippen molar-refractivity contribution < 1.29 is 9.59 Å². The zero-order valence-electron chi connectivity index (χ0n) is 13.6. The molecule has 4 heteroatoms. The Morgan fingerprint density at radius 3 is 2.52 bits per heavy atom. The summed E-state index contributed by atoms with van der Waals surface area (Å²) in [5.74, 6) is -0.357. The third-order valence-electron chi connectivity index (χ3n) is 4.34. The smallest absolute Gasteiger partial charge is 0.256 e. The third kappa shape index (κ3) is 2.84. The largest absolute Gasteiger partial charge is 0.373 e. The van der Waals surface area contributed by atoms with Gasteiger partial charge < -0.3 is 5.32 Å². The molecule has 1 atom stereocenters. The van der Waals surface area contributed by atoms with Gasteiger partial charge in [-0.3, -0.25) is 9.59 Å². The van der Waals surface area contributed by atoms with E-state index in [9.17, 15) is 9.59 Å². The minimum atomic E-state index is -0.511. The molecule has 4 nitrogen and oxygen atoms in total. The van der Waals surface area contributed by atoms with Crippen LogP contribution in [-0.4, -0.2) is 17.9 Å². The predicted octanol–water partition coefficient (Wildman–Crippen LogP) is 3.36. The molecule has 118 valence electrons. The molecule has 0 aromatic heterocycles. The standard InChI is InChI=1S/C19H20N2O2/c1-12-6-4-8-15(10-12)21-18(22)11-17(19(21)23)20-16-9-5-7-13(2)14(16)3/h4-10,17,20H,11H2,1-3H3. The summed E-state index contributed by atoms with van der Waals surface area (Å²) >= 11 is 0. The molecule has 2 amide bonds. The van der Waals surface area contributed by atoms with Crippen LogP contribution in [0.15, 0.2) is 42.5 Å². The highest BCUT2D eigenvalue weighted by molar-refractivity contribution is 6.23. The average molecular weight is 308 g/mol. The van der Waals surface area contributed by atoms with Crippen molar-refractivity contribution in [3.8, 4) is 0 Å². The van der Waals surface area contributed by atoms with E-state index in [0.29, 0.717) is 5.69 Å². The van der Waals surface area contributed by atoms with E-state index in [2.05, 4.69) is 5.32 Å². The number of benzene rings is 2. The van der Waals surface area contributed by atoms with E-state index in [-0.39, 0.29) is 18.2 Å². The Balaban J connectivity index is 1.85. The summed E-state index contributed by atoms with van der Waals surface area (Å²) in [6, 6.07) is 12.9. The second kappa shape index (κ2) is 5.88. The number of nitrogens with zero attached hydrogens (tertiary/aromatic N) is 1. The molecule has 0 spiro atoms. The Bertz CT molecular complexity index is 783. The second-order valence-electron chi connectivity index (χ2n) is 6.05. The van der Waals surface area contributed by atoms with Gasteiger partial charge >= 0.3 is 0 Å². The fraction of sp³-hybridized carbons (Fsp3) is 0.263. The van der Waals surface area contributed by atoms with E-state index in [1.54, 1.807) is 6.07 Å². The van der Waals surface area contributed by atoms with Crippen molar-refractivity contribution in [2.24, 2.45) is 0 Å². The van der Waals surface area contributed by atoms with E-state index in [1.165, 1.54) is 4.90 Å². The lowest BCUT2D eigenvalue weighted by molar-refractivity contribution is -0.121. The van der Waals surface area contributed by atoms with Crippen LogP contribution in [-0.2, 0) is 9.59 Å². The van der Waals surface area contributed by atoms with Gasteiger partial charge in [0.15, 0.2) is 0 Å². The Morgan fingerprint density at radius 1 is 1.04 bits per heavy atom. The van der Waals surface area contributed by atoms with E-state index >= 15 is 0 Å². The minimum Gasteiger partial charge on any atom is -0.373 e. The molecule has 3 rings (SSSR count). The van der Waals surface area contributed by atoms with Crippen LogP contribution < -0.4 is 10.2 Å². The molecule has 2 aromatic rings. The number of nitrogens with one attached hydrogen (secondary N) is 1. The normalized spacial score (nSPS) is 17.7. The van der Waals surface area contributed by atoms with Crippen molar-refractivity contribution in [1.82, 2.24) is 0 Å². The summed E-state index contributed by atoms with van der Waals surface area (Å²) in [4.78, 5) is 26.3. The first-order valence-electron chi connectivity index (χ1n) is 7.73. The van der Waals surface area contributed by atoms with Gasteiger partial charge in [0.05, 0.1) is 12.1 Å². The summed E-state index contributed by atoms with van der Waals surface area (Å²) in [7, 11) is 0. The van der Waals surface area contributed by atoms with Crippen molar-refractivity contribution >= 4 is 23.2 Å². The highest BCUT2D eigenvalue weighted by Crippen LogP contribution is 2.27. The maximum Gasteiger partial charge on any atom is 0.256 e. The van der Waals surface area contributed by atoms with Gasteiger partial charge in [0.25, 0.3) is 5.91 Å². The molecule has 0 aliphatic carbocycles. The van der Waals surface area contributed by atoms with Crippen LogP contribution in [0.2, 0.25) is 0 Å². The Kier molecular flexibility index (Phi) is 3.90. The number of imide groups is 1. The molecule has 0 saturated carbocycles. The second-order valence-corrected chi connectivity index (χ2v) is 6.05. The third-order valence-corrected chi connectivity index (χ3v) is 4.34. The maximum atomic E-state index is 12.7. The number of hydrogen-bond donors (Lipinski definition) is 1. The lowest BCUT2D eigenvalue weighted by Gasteiger charge is -2.18. The van der Waals surface area contributed by atoms with Gasteiger partial charge in [0.1, 0.15) is 6.04 Å². The SMILES string of the molecule is Cc1cccc(N2C(=O)CC(Nc3cccc(C)c3C)C2=O)c1. The number of carbonyl (C=O) groups is 2. The van der Waals surface area contributed by atoms with Crippen molar-refractivity contribution in [1.29, 1.82) is 0 Å². The molecule has 1 unspecified atom stereocenters. The molecule has 1 N–H and O–H groups in total. The molecule has 1 aliphatic rings. The summed E-state index contributed by atoms with van der Waals surface area (Å²) in [5, 5.41) is 3.23. The van der Waals surface area contributed by atoms with Gasteiger partial charge in [0, 0.05) is 5.69 Å². The number of rotatable bonds is 3. The van der Waals surface area contributed by atoms with Crippen molar-refractivity contribution in [2.75, 3.05) is 10.2 Å². The lowest BCUT2D eigenvalue weighted by atomic mass is 10.1. The molecule has 2 aromatic carbocycles. The van der Waals surface area contributed by atoms with E-state index in [1.807, 2.05) is 57.2 Å². The number of carbonyl (C=O) groups excluding carboxylic acids is 2. The molecule has 0 radical (unpaired) electrons. The van der Waals surface area contributed by atoms with Crippen LogP contribution in [0.5, 0.6) is 0 Å². The molecule has 1 saturated heterocycles. The highest BCUT2D eigenvalue weighted by atomic mass is 16.2. The molecular weight excluding hydrogens is 288 g/mol. The van der Waals surface area contributed by atoms with Crippen LogP contribution in [0.4, 0.5) is 11.4 Å². The van der Waals surface area contributed by atoms with E-state index in [4.69, 9.17) is 0 Å². The van der Waals surface area contributed by atoms with E-state index < -0.39 is 6.04 Å². The van der Waals surface area contributed by atoms with Crippen LogP contribution >= 0.6 is 0 Å². The molecule has 1 fully saturated rings. The number of hydrogen-bond acceptors (Lipinski definition) is 3. The first-order valence-corrected chi connectivity index (χ1v) is 7.73. The number of anilines is 2. The molecule has 23 heavy (non-hydrogen) atoms. The molecule has 1 aliphatic heterocycles. The van der Waals surface area contributed by atoms with Crippen molar-refractivity contribution in [2.45, 2.75) is 33.2 Å².